The second-order valence-electron chi connectivity index (χ2n) is 6.03. The third-order valence-electron chi connectivity index (χ3n) is 4.46. The number of rotatable bonds is 3. The fourth-order valence-corrected chi connectivity index (χ4v) is 4.14. The number of benzene rings is 1. The van der Waals surface area contributed by atoms with Gasteiger partial charge in [0.2, 0.25) is 11.6 Å². The summed E-state index contributed by atoms with van der Waals surface area (Å²) in [5, 5.41) is 9.86. The van der Waals surface area contributed by atoms with Gasteiger partial charge in [-0.05, 0) is 56.8 Å². The third-order valence-corrected chi connectivity index (χ3v) is 5.67. The van der Waals surface area contributed by atoms with Crippen LogP contribution in [0.4, 0.5) is 4.39 Å². The van der Waals surface area contributed by atoms with E-state index in [-0.39, 0.29) is 17.5 Å². The fraction of sp³-hybridized carbons (Fsp3) is 0.235. The number of aromatic hydroxyl groups is 1. The van der Waals surface area contributed by atoms with Crippen molar-refractivity contribution in [3.8, 4) is 5.75 Å². The lowest BCUT2D eigenvalue weighted by Gasteiger charge is -2.24. The number of fused-ring (bicyclic) bond motifs is 1. The molecule has 0 aliphatic heterocycles. The summed E-state index contributed by atoms with van der Waals surface area (Å²) in [4.78, 5) is 21.6. The fourth-order valence-electron chi connectivity index (χ4n) is 2.95. The van der Waals surface area contributed by atoms with Crippen molar-refractivity contribution in [2.75, 3.05) is 0 Å². The van der Waals surface area contributed by atoms with Crippen molar-refractivity contribution in [1.29, 1.82) is 0 Å². The van der Waals surface area contributed by atoms with Gasteiger partial charge in [-0.3, -0.25) is 9.20 Å². The van der Waals surface area contributed by atoms with Crippen LogP contribution in [0.25, 0.3) is 5.78 Å². The van der Waals surface area contributed by atoms with Crippen LogP contribution >= 0.6 is 31.9 Å². The van der Waals surface area contributed by atoms with Crippen LogP contribution in [0.2, 0.25) is 0 Å². The molecule has 1 aliphatic rings. The van der Waals surface area contributed by atoms with Crippen molar-refractivity contribution < 1.29 is 14.3 Å². The molecule has 1 N–H and O–H groups in total. The van der Waals surface area contributed by atoms with Crippen LogP contribution in [0.3, 0.4) is 0 Å². The SMILES string of the molecule is O=C(c1cc(Br)c(O)c(Br)c1)c1c(C2CCC2)nc2ncc(F)cn12. The van der Waals surface area contributed by atoms with E-state index >= 15 is 0 Å². The van der Waals surface area contributed by atoms with Crippen molar-refractivity contribution in [1.82, 2.24) is 14.4 Å². The highest BCUT2D eigenvalue weighted by Crippen LogP contribution is 2.39. The average Bonchev–Trinajstić information content (AvgIpc) is 2.87. The maximum absolute atomic E-state index is 13.7. The summed E-state index contributed by atoms with van der Waals surface area (Å²) < 4.78 is 15.9. The van der Waals surface area contributed by atoms with Crippen molar-refractivity contribution in [2.24, 2.45) is 0 Å². The summed E-state index contributed by atoms with van der Waals surface area (Å²) in [5.41, 5.74) is 1.36. The number of carbonyl (C=O) groups is 1. The van der Waals surface area contributed by atoms with Crippen molar-refractivity contribution >= 4 is 43.4 Å². The Morgan fingerprint density at radius 2 is 1.96 bits per heavy atom. The highest BCUT2D eigenvalue weighted by atomic mass is 79.9. The Kier molecular flexibility index (Phi) is 4.11. The van der Waals surface area contributed by atoms with Crippen LogP contribution in [-0.4, -0.2) is 25.3 Å². The van der Waals surface area contributed by atoms with Gasteiger partial charge in [0, 0.05) is 11.5 Å². The molecular weight excluding hydrogens is 457 g/mol. The molecule has 0 spiro atoms. The van der Waals surface area contributed by atoms with E-state index in [4.69, 9.17) is 0 Å². The lowest BCUT2D eigenvalue weighted by molar-refractivity contribution is 0.103. The topological polar surface area (TPSA) is 67.5 Å². The Balaban J connectivity index is 1.92. The van der Waals surface area contributed by atoms with E-state index in [9.17, 15) is 14.3 Å². The monoisotopic (exact) mass is 467 g/mol. The van der Waals surface area contributed by atoms with Crippen LogP contribution in [0.15, 0.2) is 33.5 Å². The zero-order valence-corrected chi connectivity index (χ0v) is 16.0. The van der Waals surface area contributed by atoms with E-state index in [1.165, 1.54) is 10.6 Å². The number of hydrogen-bond donors (Lipinski definition) is 1. The maximum atomic E-state index is 13.7. The van der Waals surface area contributed by atoms with Gasteiger partial charge >= 0.3 is 0 Å². The van der Waals surface area contributed by atoms with Gasteiger partial charge in [-0.15, -0.1) is 0 Å². The van der Waals surface area contributed by atoms with E-state index in [1.807, 2.05) is 0 Å². The second-order valence-corrected chi connectivity index (χ2v) is 7.74. The molecule has 0 saturated heterocycles. The number of hydrogen-bond acceptors (Lipinski definition) is 4. The maximum Gasteiger partial charge on any atom is 0.234 e. The molecule has 1 aliphatic carbocycles. The number of ketones is 1. The molecular formula is C17H12Br2FN3O2. The van der Waals surface area contributed by atoms with Gasteiger partial charge in [-0.1, -0.05) is 6.42 Å². The smallest absolute Gasteiger partial charge is 0.234 e. The van der Waals surface area contributed by atoms with E-state index in [0.29, 0.717) is 31.7 Å². The number of carbonyl (C=O) groups excluding carboxylic acids is 1. The summed E-state index contributed by atoms with van der Waals surface area (Å²) in [7, 11) is 0. The second kappa shape index (κ2) is 6.17. The molecule has 0 radical (unpaired) electrons. The zero-order valence-electron chi connectivity index (χ0n) is 12.8. The van der Waals surface area contributed by atoms with Crippen LogP contribution in [0, 0.1) is 5.82 Å². The summed E-state index contributed by atoms with van der Waals surface area (Å²) in [6.45, 7) is 0. The molecule has 25 heavy (non-hydrogen) atoms. The molecule has 3 aromatic rings. The van der Waals surface area contributed by atoms with E-state index in [0.717, 1.165) is 25.5 Å². The van der Waals surface area contributed by atoms with Crippen LogP contribution in [0.1, 0.15) is 46.9 Å². The molecule has 1 aromatic carbocycles. The molecule has 0 amide bonds. The average molecular weight is 469 g/mol. The number of phenols is 1. The largest absolute Gasteiger partial charge is 0.506 e. The summed E-state index contributed by atoms with van der Waals surface area (Å²) in [6, 6.07) is 3.08. The Labute approximate surface area is 159 Å². The summed E-state index contributed by atoms with van der Waals surface area (Å²) in [6.07, 6.45) is 5.32. The minimum absolute atomic E-state index is 0.0154. The quantitative estimate of drug-likeness (QED) is 0.570. The van der Waals surface area contributed by atoms with Crippen LogP contribution in [0.5, 0.6) is 5.75 Å². The first-order valence-electron chi connectivity index (χ1n) is 7.72. The molecule has 0 bridgehead atoms. The third kappa shape index (κ3) is 2.77. The summed E-state index contributed by atoms with van der Waals surface area (Å²) in [5.74, 6) is -0.312. The number of phenolic OH excluding ortho intramolecular Hbond substituents is 1. The lowest BCUT2D eigenvalue weighted by atomic mass is 9.81. The molecule has 5 nitrogen and oxygen atoms in total. The van der Waals surface area contributed by atoms with Gasteiger partial charge in [0.15, 0.2) is 5.82 Å². The minimum Gasteiger partial charge on any atom is -0.506 e. The highest BCUT2D eigenvalue weighted by molar-refractivity contribution is 9.11. The minimum atomic E-state index is -0.535. The van der Waals surface area contributed by atoms with Gasteiger partial charge in [0.25, 0.3) is 0 Å². The molecule has 1 fully saturated rings. The first-order chi connectivity index (χ1) is 12.0. The van der Waals surface area contributed by atoms with Gasteiger partial charge < -0.3 is 5.11 Å². The van der Waals surface area contributed by atoms with Gasteiger partial charge in [-0.2, -0.15) is 0 Å². The molecule has 8 heteroatoms. The Bertz CT molecular complexity index is 992. The van der Waals surface area contributed by atoms with E-state index in [2.05, 4.69) is 41.8 Å². The van der Waals surface area contributed by atoms with Crippen molar-refractivity contribution in [3.63, 3.8) is 0 Å². The number of halogens is 3. The first-order valence-corrected chi connectivity index (χ1v) is 9.30. The van der Waals surface area contributed by atoms with Gasteiger partial charge in [0.05, 0.1) is 27.0 Å². The Hall–Kier alpha value is -1.80. The van der Waals surface area contributed by atoms with Gasteiger partial charge in [-0.25, -0.2) is 14.4 Å². The predicted octanol–water partition coefficient (Wildman–Crippen LogP) is 4.60. The van der Waals surface area contributed by atoms with Crippen molar-refractivity contribution in [2.45, 2.75) is 25.2 Å². The molecule has 0 atom stereocenters. The van der Waals surface area contributed by atoms with Crippen molar-refractivity contribution in [3.05, 3.63) is 56.2 Å². The molecule has 1 saturated carbocycles. The predicted molar refractivity (Wildman–Crippen MR) is 96.5 cm³/mol. The molecule has 0 unspecified atom stereocenters. The Morgan fingerprint density at radius 3 is 2.56 bits per heavy atom. The first kappa shape index (κ1) is 16.7. The lowest BCUT2D eigenvalue weighted by Crippen LogP contribution is -2.15. The molecule has 128 valence electrons. The molecule has 2 heterocycles. The highest BCUT2D eigenvalue weighted by Gasteiger charge is 2.31. The van der Waals surface area contributed by atoms with E-state index in [1.54, 1.807) is 12.1 Å². The van der Waals surface area contributed by atoms with Crippen LogP contribution in [-0.2, 0) is 0 Å². The zero-order chi connectivity index (χ0) is 17.7. The summed E-state index contributed by atoms with van der Waals surface area (Å²) >= 11 is 6.47. The normalized spacial score (nSPS) is 14.7. The number of imidazole rings is 1. The van der Waals surface area contributed by atoms with Crippen LogP contribution < -0.4 is 0 Å². The van der Waals surface area contributed by atoms with E-state index < -0.39 is 5.82 Å². The standard InChI is InChI=1S/C17H12Br2FN3O2/c18-11-4-9(5-12(19)16(11)25)15(24)14-13(8-2-1-3-8)22-17-21-6-10(20)7-23(14)17/h4-8,25H,1-3H2. The molecule has 4 rings (SSSR count). The Morgan fingerprint density at radius 1 is 1.28 bits per heavy atom. The number of aromatic nitrogens is 3. The number of nitrogens with zero attached hydrogens (tertiary/aromatic N) is 3. The van der Waals surface area contributed by atoms with Gasteiger partial charge in [0.1, 0.15) is 11.4 Å². The molecule has 2 aromatic heterocycles.